The van der Waals surface area contributed by atoms with Crippen LogP contribution in [0.5, 0.6) is 5.75 Å². The summed E-state index contributed by atoms with van der Waals surface area (Å²) in [6.07, 6.45) is 0. The van der Waals surface area contributed by atoms with E-state index in [-0.39, 0.29) is 15.8 Å². The van der Waals surface area contributed by atoms with Crippen molar-refractivity contribution in [2.24, 2.45) is 0 Å². The fourth-order valence-electron chi connectivity index (χ4n) is 0.847. The quantitative estimate of drug-likeness (QED) is 0.602. The van der Waals surface area contributed by atoms with Gasteiger partial charge in [-0.1, -0.05) is 23.2 Å². The summed E-state index contributed by atoms with van der Waals surface area (Å²) >= 11 is 11.1. The second kappa shape index (κ2) is 4.43. The van der Waals surface area contributed by atoms with Crippen molar-refractivity contribution in [1.29, 1.82) is 0 Å². The van der Waals surface area contributed by atoms with E-state index in [0.717, 1.165) is 6.07 Å². The minimum Gasteiger partial charge on any atom is -0.461 e. The molecule has 0 bridgehead atoms. The van der Waals surface area contributed by atoms with E-state index in [0.29, 0.717) is 0 Å². The van der Waals surface area contributed by atoms with Crippen LogP contribution in [0.2, 0.25) is 10.0 Å². The average molecular weight is 240 g/mol. The number of nitro groups is 1. The van der Waals surface area contributed by atoms with Crippen molar-refractivity contribution >= 4 is 28.9 Å². The van der Waals surface area contributed by atoms with Gasteiger partial charge in [-0.3, -0.25) is 10.1 Å². The molecule has 1 aromatic rings. The predicted molar refractivity (Wildman–Crippen MR) is 49.7 cm³/mol. The Bertz CT molecular complexity index is 372. The van der Waals surface area contributed by atoms with Crippen LogP contribution < -0.4 is 4.74 Å². The third kappa shape index (κ3) is 2.24. The lowest BCUT2D eigenvalue weighted by Crippen LogP contribution is -1.95. The van der Waals surface area contributed by atoms with Crippen molar-refractivity contribution < 1.29 is 14.1 Å². The third-order valence-corrected chi connectivity index (χ3v) is 1.99. The fourth-order valence-corrected chi connectivity index (χ4v) is 1.28. The summed E-state index contributed by atoms with van der Waals surface area (Å²) < 4.78 is 16.3. The van der Waals surface area contributed by atoms with Gasteiger partial charge in [0.2, 0.25) is 6.86 Å². The molecular weight excluding hydrogens is 236 g/mol. The van der Waals surface area contributed by atoms with Gasteiger partial charge in [0.25, 0.3) is 5.69 Å². The van der Waals surface area contributed by atoms with Crippen molar-refractivity contribution in [2.75, 3.05) is 6.86 Å². The van der Waals surface area contributed by atoms with E-state index in [2.05, 4.69) is 4.74 Å². The number of hydrogen-bond acceptors (Lipinski definition) is 3. The number of benzene rings is 1. The summed E-state index contributed by atoms with van der Waals surface area (Å²) in [6, 6.07) is 2.27. The Morgan fingerprint density at radius 3 is 2.64 bits per heavy atom. The van der Waals surface area contributed by atoms with E-state index in [1.54, 1.807) is 0 Å². The Balaban J connectivity index is 3.24. The van der Waals surface area contributed by atoms with E-state index in [1.165, 1.54) is 6.07 Å². The molecule has 76 valence electrons. The molecule has 1 rings (SSSR count). The number of rotatable bonds is 3. The van der Waals surface area contributed by atoms with Crippen LogP contribution in [-0.4, -0.2) is 11.8 Å². The highest BCUT2D eigenvalue weighted by Gasteiger charge is 2.18. The van der Waals surface area contributed by atoms with Crippen LogP contribution in [0, 0.1) is 10.1 Å². The lowest BCUT2D eigenvalue weighted by Gasteiger charge is -2.04. The summed E-state index contributed by atoms with van der Waals surface area (Å²) in [5.41, 5.74) is -0.414. The van der Waals surface area contributed by atoms with Gasteiger partial charge >= 0.3 is 0 Å². The molecule has 0 N–H and O–H groups in total. The first-order valence-electron chi connectivity index (χ1n) is 3.38. The highest BCUT2D eigenvalue weighted by atomic mass is 35.5. The highest BCUT2D eigenvalue weighted by molar-refractivity contribution is 6.36. The Labute approximate surface area is 88.3 Å². The maximum atomic E-state index is 11.8. The molecule has 0 aliphatic rings. The summed E-state index contributed by atoms with van der Waals surface area (Å²) in [5.74, 6) is -0.145. The Kier molecular flexibility index (Phi) is 3.49. The normalized spacial score (nSPS) is 9.93. The smallest absolute Gasteiger partial charge is 0.293 e. The molecule has 0 unspecified atom stereocenters. The van der Waals surface area contributed by atoms with Crippen LogP contribution >= 0.6 is 23.2 Å². The monoisotopic (exact) mass is 239 g/mol. The van der Waals surface area contributed by atoms with E-state index in [1.807, 2.05) is 0 Å². The van der Waals surface area contributed by atoms with Crippen LogP contribution in [0.25, 0.3) is 0 Å². The fraction of sp³-hybridized carbons (Fsp3) is 0.143. The van der Waals surface area contributed by atoms with Crippen molar-refractivity contribution in [3.8, 4) is 5.75 Å². The number of ether oxygens (including phenoxy) is 1. The molecule has 1 aromatic carbocycles. The van der Waals surface area contributed by atoms with Gasteiger partial charge in [-0.15, -0.1) is 0 Å². The molecule has 0 fully saturated rings. The van der Waals surface area contributed by atoms with E-state index >= 15 is 0 Å². The summed E-state index contributed by atoms with van der Waals surface area (Å²) in [4.78, 5) is 9.72. The van der Waals surface area contributed by atoms with Gasteiger partial charge in [-0.25, -0.2) is 4.39 Å². The van der Waals surface area contributed by atoms with Gasteiger partial charge in [-0.05, 0) is 0 Å². The van der Waals surface area contributed by atoms with Crippen LogP contribution in [0.15, 0.2) is 12.1 Å². The maximum absolute atomic E-state index is 11.8. The summed E-state index contributed by atoms with van der Waals surface area (Å²) in [5, 5.41) is 10.2. The molecular formula is C7H4Cl2FNO3. The molecule has 4 nitrogen and oxygen atoms in total. The number of alkyl halides is 1. The van der Waals surface area contributed by atoms with Gasteiger partial charge in [-0.2, -0.15) is 0 Å². The average Bonchev–Trinajstić information content (AvgIpc) is 2.10. The molecule has 0 saturated carbocycles. The molecule has 0 aromatic heterocycles. The minimum absolute atomic E-state index is 0.0598. The number of halogens is 3. The standard InChI is InChI=1S/C7H4Cl2FNO3/c8-4-1-5(11(12)13)7(9)6(2-4)14-3-10/h1-2H,3H2. The number of nitrogens with zero attached hydrogens (tertiary/aromatic N) is 1. The number of nitro benzene ring substituents is 1. The molecule has 0 aliphatic heterocycles. The van der Waals surface area contributed by atoms with Gasteiger partial charge in [0.05, 0.1) is 9.95 Å². The first kappa shape index (κ1) is 11.0. The predicted octanol–water partition coefficient (Wildman–Crippen LogP) is 3.21. The second-order valence-corrected chi connectivity index (χ2v) is 3.06. The van der Waals surface area contributed by atoms with E-state index in [9.17, 15) is 14.5 Å². The summed E-state index contributed by atoms with van der Waals surface area (Å²) in [6.45, 7) is -1.13. The molecule has 0 amide bonds. The Morgan fingerprint density at radius 2 is 2.14 bits per heavy atom. The van der Waals surface area contributed by atoms with Crippen LogP contribution in [0.1, 0.15) is 0 Å². The van der Waals surface area contributed by atoms with Gasteiger partial charge < -0.3 is 4.74 Å². The largest absolute Gasteiger partial charge is 0.461 e. The first-order chi connectivity index (χ1) is 6.56. The third-order valence-electron chi connectivity index (χ3n) is 1.39. The SMILES string of the molecule is O=[N+]([O-])c1cc(Cl)cc(OCF)c1Cl. The molecule has 0 spiro atoms. The van der Waals surface area contributed by atoms with Crippen LogP contribution in [0.3, 0.4) is 0 Å². The van der Waals surface area contributed by atoms with E-state index in [4.69, 9.17) is 23.2 Å². The number of hydrogen-bond donors (Lipinski definition) is 0. The molecule has 0 aliphatic carbocycles. The maximum Gasteiger partial charge on any atom is 0.293 e. The summed E-state index contributed by atoms with van der Waals surface area (Å²) in [7, 11) is 0. The zero-order valence-electron chi connectivity index (χ0n) is 6.67. The lowest BCUT2D eigenvalue weighted by molar-refractivity contribution is -0.384. The highest BCUT2D eigenvalue weighted by Crippen LogP contribution is 2.36. The Morgan fingerprint density at radius 1 is 1.50 bits per heavy atom. The zero-order valence-corrected chi connectivity index (χ0v) is 8.18. The zero-order chi connectivity index (χ0) is 10.7. The first-order valence-corrected chi connectivity index (χ1v) is 4.14. The molecule has 7 heteroatoms. The minimum atomic E-state index is -1.13. The topological polar surface area (TPSA) is 52.4 Å². The van der Waals surface area contributed by atoms with Crippen molar-refractivity contribution in [2.45, 2.75) is 0 Å². The van der Waals surface area contributed by atoms with Gasteiger partial charge in [0, 0.05) is 12.1 Å². The lowest BCUT2D eigenvalue weighted by atomic mass is 10.3. The van der Waals surface area contributed by atoms with Gasteiger partial charge in [0.15, 0.2) is 5.02 Å². The van der Waals surface area contributed by atoms with Crippen LogP contribution in [-0.2, 0) is 0 Å². The molecule has 0 atom stereocenters. The molecule has 14 heavy (non-hydrogen) atoms. The van der Waals surface area contributed by atoms with Crippen molar-refractivity contribution in [1.82, 2.24) is 0 Å². The second-order valence-electron chi connectivity index (χ2n) is 2.25. The van der Waals surface area contributed by atoms with Crippen LogP contribution in [0.4, 0.5) is 10.1 Å². The van der Waals surface area contributed by atoms with Crippen molar-refractivity contribution in [3.63, 3.8) is 0 Å². The van der Waals surface area contributed by atoms with Gasteiger partial charge in [0.1, 0.15) is 5.75 Å². The molecule has 0 saturated heterocycles. The Hall–Kier alpha value is -1.07. The molecule has 0 heterocycles. The molecule has 0 radical (unpaired) electrons. The van der Waals surface area contributed by atoms with E-state index < -0.39 is 17.5 Å². The van der Waals surface area contributed by atoms with Crippen molar-refractivity contribution in [3.05, 3.63) is 32.3 Å².